The van der Waals surface area contributed by atoms with Crippen LogP contribution in [0.15, 0.2) is 22.9 Å². The minimum absolute atomic E-state index is 0.0454. The van der Waals surface area contributed by atoms with E-state index in [0.717, 1.165) is 17.3 Å². The number of likely N-dealkylation sites (N-methyl/N-ethyl adjacent to an activating group) is 1. The predicted octanol–water partition coefficient (Wildman–Crippen LogP) is 1.90. The van der Waals surface area contributed by atoms with Crippen molar-refractivity contribution >= 4 is 33.6 Å². The van der Waals surface area contributed by atoms with Gasteiger partial charge in [-0.1, -0.05) is 6.92 Å². The molecule has 2 amide bonds. The normalized spacial score (nSPS) is 20.3. The number of aliphatic carboxylic acids is 1. The first-order valence-corrected chi connectivity index (χ1v) is 7.91. The Hall–Kier alpha value is -1.67. The highest BCUT2D eigenvalue weighted by Gasteiger charge is 2.34. The molecule has 120 valence electrons. The molecule has 1 heterocycles. The Balaban J connectivity index is 1.75. The van der Waals surface area contributed by atoms with Crippen molar-refractivity contribution in [1.29, 1.82) is 0 Å². The van der Waals surface area contributed by atoms with E-state index in [9.17, 15) is 9.59 Å². The first-order chi connectivity index (χ1) is 10.5. The van der Waals surface area contributed by atoms with Gasteiger partial charge < -0.3 is 15.7 Å². The molecule has 0 spiro atoms. The zero-order valence-corrected chi connectivity index (χ0v) is 13.8. The quantitative estimate of drug-likeness (QED) is 0.710. The van der Waals surface area contributed by atoms with Crippen LogP contribution in [0.3, 0.4) is 0 Å². The highest BCUT2D eigenvalue weighted by atomic mass is 79.9. The number of urea groups is 1. The van der Waals surface area contributed by atoms with Crippen LogP contribution in [0.25, 0.3) is 0 Å². The van der Waals surface area contributed by atoms with Crippen LogP contribution in [0.4, 0.5) is 10.5 Å². The number of carboxylic acid groups (broad SMARTS) is 1. The number of anilines is 1. The highest BCUT2D eigenvalue weighted by molar-refractivity contribution is 9.10. The Labute approximate surface area is 137 Å². The summed E-state index contributed by atoms with van der Waals surface area (Å²) < 4.78 is 0.793. The molecule has 0 aromatic carbocycles. The van der Waals surface area contributed by atoms with Gasteiger partial charge in [-0.3, -0.25) is 14.7 Å². The number of amides is 2. The number of hydrogen-bond donors (Lipinski definition) is 3. The molecule has 1 aromatic rings. The first kappa shape index (κ1) is 16.7. The number of nitrogens with zero attached hydrogens (tertiary/aromatic N) is 2. The molecule has 1 aromatic heterocycles. The van der Waals surface area contributed by atoms with Gasteiger partial charge in [-0.25, -0.2) is 4.79 Å². The van der Waals surface area contributed by atoms with Gasteiger partial charge >= 0.3 is 12.0 Å². The fourth-order valence-electron chi connectivity index (χ4n) is 2.51. The molecule has 7 nitrogen and oxygen atoms in total. The lowest BCUT2D eigenvalue weighted by molar-refractivity contribution is -0.139. The van der Waals surface area contributed by atoms with Gasteiger partial charge in [0.25, 0.3) is 0 Å². The monoisotopic (exact) mass is 370 g/mol. The molecule has 1 aliphatic carbocycles. The lowest BCUT2D eigenvalue weighted by Gasteiger charge is -2.42. The zero-order chi connectivity index (χ0) is 16.1. The molecule has 0 atom stereocenters. The van der Waals surface area contributed by atoms with Crippen molar-refractivity contribution in [1.82, 2.24) is 15.2 Å². The average Bonchev–Trinajstić information content (AvgIpc) is 2.40. The molecule has 0 aliphatic heterocycles. The van der Waals surface area contributed by atoms with Crippen molar-refractivity contribution in [2.45, 2.75) is 31.8 Å². The number of nitrogens with one attached hydrogen (secondary N) is 2. The molecule has 1 saturated carbocycles. The summed E-state index contributed by atoms with van der Waals surface area (Å²) in [7, 11) is 0. The Morgan fingerprint density at radius 1 is 1.45 bits per heavy atom. The summed E-state index contributed by atoms with van der Waals surface area (Å²) in [5.74, 6) is -0.821. The summed E-state index contributed by atoms with van der Waals surface area (Å²) in [4.78, 5) is 28.5. The lowest BCUT2D eigenvalue weighted by atomic mass is 9.85. The van der Waals surface area contributed by atoms with Crippen molar-refractivity contribution < 1.29 is 14.7 Å². The molecule has 22 heavy (non-hydrogen) atoms. The second-order valence-electron chi connectivity index (χ2n) is 5.27. The number of aromatic nitrogens is 1. The molecule has 0 saturated heterocycles. The summed E-state index contributed by atoms with van der Waals surface area (Å²) in [6.07, 6.45) is 4.75. The average molecular weight is 371 g/mol. The topological polar surface area (TPSA) is 94.6 Å². The summed E-state index contributed by atoms with van der Waals surface area (Å²) in [5, 5.41) is 14.5. The van der Waals surface area contributed by atoms with Crippen molar-refractivity contribution in [2.75, 3.05) is 18.4 Å². The lowest BCUT2D eigenvalue weighted by Crippen LogP contribution is -2.55. The molecule has 3 N–H and O–H groups in total. The Bertz CT molecular complexity index is 549. The molecular weight excluding hydrogens is 352 g/mol. The number of hydrogen-bond acceptors (Lipinski definition) is 4. The molecular formula is C14H19BrN4O3. The number of carboxylic acids is 1. The van der Waals surface area contributed by atoms with Crippen LogP contribution in [0.5, 0.6) is 0 Å². The number of rotatable bonds is 6. The van der Waals surface area contributed by atoms with Gasteiger partial charge in [0, 0.05) is 22.8 Å². The minimum atomic E-state index is -0.821. The Kier molecular flexibility index (Phi) is 5.73. The molecule has 0 radical (unpaired) electrons. The SMILES string of the molecule is CCN(CC(=O)O)C1CC(NC(=O)Nc2cncc(Br)c2)C1. The number of carbonyl (C=O) groups is 2. The van der Waals surface area contributed by atoms with Crippen LogP contribution in [0.2, 0.25) is 0 Å². The zero-order valence-electron chi connectivity index (χ0n) is 12.3. The standard InChI is InChI=1S/C14H19BrN4O3/c1-2-19(8-13(20)21)12-4-10(5-12)17-14(22)18-11-3-9(15)6-16-7-11/h3,6-7,10,12H,2,4-5,8H2,1H3,(H,20,21)(H2,17,18,22). The van der Waals surface area contributed by atoms with E-state index in [0.29, 0.717) is 12.2 Å². The molecule has 1 aliphatic rings. The molecule has 2 rings (SSSR count). The molecule has 0 bridgehead atoms. The number of pyridine rings is 1. The summed E-state index contributed by atoms with van der Waals surface area (Å²) in [6.45, 7) is 2.68. The third-order valence-electron chi connectivity index (χ3n) is 3.67. The van der Waals surface area contributed by atoms with Crippen LogP contribution in [0, 0.1) is 0 Å². The second-order valence-corrected chi connectivity index (χ2v) is 6.18. The van der Waals surface area contributed by atoms with Crippen LogP contribution >= 0.6 is 15.9 Å². The highest BCUT2D eigenvalue weighted by Crippen LogP contribution is 2.25. The summed E-state index contributed by atoms with van der Waals surface area (Å²) in [6, 6.07) is 1.79. The van der Waals surface area contributed by atoms with Crippen LogP contribution in [0.1, 0.15) is 19.8 Å². The van der Waals surface area contributed by atoms with E-state index >= 15 is 0 Å². The fraction of sp³-hybridized carbons (Fsp3) is 0.500. The van der Waals surface area contributed by atoms with Crippen molar-refractivity contribution in [3.63, 3.8) is 0 Å². The van der Waals surface area contributed by atoms with E-state index in [2.05, 4.69) is 31.5 Å². The van der Waals surface area contributed by atoms with E-state index in [-0.39, 0.29) is 24.7 Å². The predicted molar refractivity (Wildman–Crippen MR) is 85.8 cm³/mol. The van der Waals surface area contributed by atoms with Gasteiger partial charge in [-0.2, -0.15) is 0 Å². The van der Waals surface area contributed by atoms with Crippen LogP contribution in [-0.2, 0) is 4.79 Å². The molecule has 0 unspecified atom stereocenters. The largest absolute Gasteiger partial charge is 0.480 e. The Morgan fingerprint density at radius 3 is 2.77 bits per heavy atom. The van der Waals surface area contributed by atoms with Gasteiger partial charge in [-0.05, 0) is 41.4 Å². The second kappa shape index (κ2) is 7.55. The fourth-order valence-corrected chi connectivity index (χ4v) is 2.87. The minimum Gasteiger partial charge on any atom is -0.480 e. The smallest absolute Gasteiger partial charge is 0.319 e. The van der Waals surface area contributed by atoms with E-state index in [1.54, 1.807) is 18.5 Å². The third-order valence-corrected chi connectivity index (χ3v) is 4.11. The van der Waals surface area contributed by atoms with E-state index in [1.807, 2.05) is 11.8 Å². The Morgan fingerprint density at radius 2 is 2.18 bits per heavy atom. The van der Waals surface area contributed by atoms with Gasteiger partial charge in [0.15, 0.2) is 0 Å². The van der Waals surface area contributed by atoms with Gasteiger partial charge in [0.1, 0.15) is 0 Å². The van der Waals surface area contributed by atoms with Gasteiger partial charge in [0.05, 0.1) is 18.4 Å². The molecule has 1 fully saturated rings. The first-order valence-electron chi connectivity index (χ1n) is 7.11. The van der Waals surface area contributed by atoms with Crippen molar-refractivity contribution in [2.24, 2.45) is 0 Å². The van der Waals surface area contributed by atoms with Gasteiger partial charge in [-0.15, -0.1) is 0 Å². The van der Waals surface area contributed by atoms with Gasteiger partial charge in [0.2, 0.25) is 0 Å². The van der Waals surface area contributed by atoms with Crippen LogP contribution in [-0.4, -0.2) is 52.2 Å². The summed E-state index contributed by atoms with van der Waals surface area (Å²) in [5.41, 5.74) is 0.615. The number of halogens is 1. The summed E-state index contributed by atoms with van der Waals surface area (Å²) >= 11 is 3.29. The van der Waals surface area contributed by atoms with E-state index in [4.69, 9.17) is 5.11 Å². The van der Waals surface area contributed by atoms with Crippen molar-refractivity contribution in [3.8, 4) is 0 Å². The number of carbonyl (C=O) groups excluding carboxylic acids is 1. The van der Waals surface area contributed by atoms with E-state index in [1.165, 1.54) is 0 Å². The maximum Gasteiger partial charge on any atom is 0.319 e. The maximum absolute atomic E-state index is 11.9. The van der Waals surface area contributed by atoms with E-state index < -0.39 is 5.97 Å². The third kappa shape index (κ3) is 4.67. The van der Waals surface area contributed by atoms with Crippen molar-refractivity contribution in [3.05, 3.63) is 22.9 Å². The van der Waals surface area contributed by atoms with Crippen LogP contribution < -0.4 is 10.6 Å². The maximum atomic E-state index is 11.9. The molecule has 8 heteroatoms.